The fraction of sp³-hybridized carbons (Fsp3) is 0.609. The van der Waals surface area contributed by atoms with Gasteiger partial charge in [-0.25, -0.2) is 9.59 Å². The van der Waals surface area contributed by atoms with Gasteiger partial charge in [-0.2, -0.15) is 0 Å². The van der Waals surface area contributed by atoms with Crippen molar-refractivity contribution in [3.05, 3.63) is 29.8 Å². The average Bonchev–Trinajstić information content (AvgIpc) is 3.23. The van der Waals surface area contributed by atoms with Crippen molar-refractivity contribution in [3.8, 4) is 0 Å². The number of rotatable bonds is 1. The lowest BCUT2D eigenvalue weighted by Crippen LogP contribution is -2.78. The summed E-state index contributed by atoms with van der Waals surface area (Å²) in [6, 6.07) is 7.75. The Morgan fingerprint density at radius 2 is 1.90 bits per heavy atom. The number of carbonyl (C=O) groups excluding carboxylic acids is 3. The highest BCUT2D eigenvalue weighted by atomic mass is 16.5. The smallest absolute Gasteiger partial charge is 0.415 e. The molecule has 0 radical (unpaired) electrons. The first-order chi connectivity index (χ1) is 14.5. The average molecular weight is 410 g/mol. The number of hydrogen-bond acceptors (Lipinski definition) is 6. The van der Waals surface area contributed by atoms with Crippen LogP contribution in [-0.2, 0) is 24.5 Å². The number of fused-ring (bicyclic) bond motifs is 1. The molecule has 3 heterocycles. The number of hydrogen-bond donors (Lipinski definition) is 0. The first-order valence-corrected chi connectivity index (χ1v) is 10.8. The van der Waals surface area contributed by atoms with E-state index in [1.54, 1.807) is 0 Å². The van der Waals surface area contributed by atoms with Gasteiger partial charge in [-0.3, -0.25) is 14.6 Å². The van der Waals surface area contributed by atoms with Gasteiger partial charge in [0.25, 0.3) is 0 Å². The van der Waals surface area contributed by atoms with Crippen LogP contribution in [0.1, 0.15) is 37.7 Å². The summed E-state index contributed by atoms with van der Waals surface area (Å²) in [6.45, 7) is 1.57. The zero-order valence-electron chi connectivity index (χ0n) is 17.3. The second-order valence-electron chi connectivity index (χ2n) is 9.60. The number of anilines is 1. The molecule has 0 aromatic heterocycles. The molecule has 5 unspecified atom stereocenters. The van der Waals surface area contributed by atoms with E-state index in [1.165, 1.54) is 19.1 Å². The molecule has 6 rings (SSSR count). The van der Waals surface area contributed by atoms with Crippen molar-refractivity contribution in [2.45, 2.75) is 49.1 Å². The van der Waals surface area contributed by atoms with Crippen molar-refractivity contribution in [3.63, 3.8) is 0 Å². The molecule has 1 aromatic rings. The van der Waals surface area contributed by atoms with E-state index in [2.05, 4.69) is 4.90 Å². The van der Waals surface area contributed by atoms with Crippen LogP contribution in [0.3, 0.4) is 0 Å². The number of para-hydroxylation sites is 1. The molecular weight excluding hydrogens is 384 g/mol. The molecule has 1 spiro atoms. The fourth-order valence-corrected chi connectivity index (χ4v) is 8.29. The highest BCUT2D eigenvalue weighted by Crippen LogP contribution is 2.73. The molecule has 30 heavy (non-hydrogen) atoms. The van der Waals surface area contributed by atoms with Gasteiger partial charge in [0, 0.05) is 24.9 Å². The molecule has 2 saturated carbocycles. The van der Waals surface area contributed by atoms with Crippen LogP contribution in [0.2, 0.25) is 0 Å². The number of benzene rings is 1. The van der Waals surface area contributed by atoms with E-state index < -0.39 is 23.0 Å². The van der Waals surface area contributed by atoms with E-state index in [1.807, 2.05) is 24.3 Å². The molecule has 5 atom stereocenters. The Morgan fingerprint density at radius 3 is 2.67 bits per heavy atom. The minimum absolute atomic E-state index is 0.0464. The van der Waals surface area contributed by atoms with E-state index in [9.17, 15) is 14.4 Å². The number of methoxy groups -OCH3 is 2. The summed E-state index contributed by atoms with van der Waals surface area (Å²) in [7, 11) is 2.71. The van der Waals surface area contributed by atoms with E-state index in [-0.39, 0.29) is 23.2 Å². The van der Waals surface area contributed by atoms with Gasteiger partial charge < -0.3 is 9.47 Å². The first-order valence-electron chi connectivity index (χ1n) is 10.8. The predicted molar refractivity (Wildman–Crippen MR) is 107 cm³/mol. The van der Waals surface area contributed by atoms with Gasteiger partial charge in [-0.15, -0.1) is 0 Å². The number of piperidine rings is 1. The minimum Gasteiger partial charge on any atom is -0.467 e. The van der Waals surface area contributed by atoms with Gasteiger partial charge in [-0.05, 0) is 49.3 Å². The van der Waals surface area contributed by atoms with Crippen molar-refractivity contribution >= 4 is 23.5 Å². The summed E-state index contributed by atoms with van der Waals surface area (Å²) in [4.78, 5) is 44.5. The summed E-state index contributed by atoms with van der Waals surface area (Å²) in [6.07, 6.45) is 3.28. The number of ketones is 1. The van der Waals surface area contributed by atoms with Crippen LogP contribution >= 0.6 is 0 Å². The number of Topliss-reactive ketones (excluding diaryl/α,β-unsaturated/α-hetero) is 1. The Balaban J connectivity index is 1.74. The third kappa shape index (κ3) is 1.66. The second-order valence-corrected chi connectivity index (χ2v) is 9.60. The number of ether oxygens (including phenoxy) is 2. The highest BCUT2D eigenvalue weighted by molar-refractivity contribution is 6.07. The second kappa shape index (κ2) is 5.63. The van der Waals surface area contributed by atoms with Gasteiger partial charge in [0.2, 0.25) is 0 Å². The van der Waals surface area contributed by atoms with Gasteiger partial charge in [-0.1, -0.05) is 18.2 Å². The quantitative estimate of drug-likeness (QED) is 0.661. The van der Waals surface area contributed by atoms with Crippen molar-refractivity contribution in [2.75, 3.05) is 32.2 Å². The normalized spacial score (nSPS) is 40.6. The van der Waals surface area contributed by atoms with Crippen LogP contribution in [0.15, 0.2) is 24.3 Å². The molecule has 2 saturated heterocycles. The molecular formula is C23H26N2O5. The standard InChI is InChI=1S/C23H26N2O5/c1-29-19(27)22-10-9-21-8-5-11-24-13-15(17(26)12-21)23(22,18(21)24)14-6-3-4-7-16(14)25(22)20(28)30-2/h3-4,6-7,15,18H,5,8-13H2,1-2H3. The molecule has 1 aromatic carbocycles. The molecule has 7 nitrogen and oxygen atoms in total. The Labute approximate surface area is 175 Å². The largest absolute Gasteiger partial charge is 0.467 e. The third-order valence-corrected chi connectivity index (χ3v) is 8.90. The summed E-state index contributed by atoms with van der Waals surface area (Å²) in [5.74, 6) is -0.543. The van der Waals surface area contributed by atoms with Crippen LogP contribution in [0.4, 0.5) is 10.5 Å². The SMILES string of the molecule is COC(=O)N1c2ccccc2C23C4CN5CCCC(CCC12C(=O)OC)(CC4=O)C53. The zero-order valence-corrected chi connectivity index (χ0v) is 17.3. The van der Waals surface area contributed by atoms with Crippen molar-refractivity contribution in [2.24, 2.45) is 11.3 Å². The molecule has 0 N–H and O–H groups in total. The Hall–Kier alpha value is -2.41. The number of esters is 1. The highest BCUT2D eigenvalue weighted by Gasteiger charge is 2.84. The summed E-state index contributed by atoms with van der Waals surface area (Å²) in [5, 5.41) is 0. The van der Waals surface area contributed by atoms with Crippen LogP contribution < -0.4 is 4.90 Å². The lowest BCUT2D eigenvalue weighted by Gasteiger charge is -2.64. The van der Waals surface area contributed by atoms with E-state index in [0.717, 1.165) is 31.4 Å². The predicted octanol–water partition coefficient (Wildman–Crippen LogP) is 2.27. The van der Waals surface area contributed by atoms with Crippen LogP contribution in [0.25, 0.3) is 0 Å². The van der Waals surface area contributed by atoms with Gasteiger partial charge in [0.15, 0.2) is 5.54 Å². The number of amides is 1. The van der Waals surface area contributed by atoms with Gasteiger partial charge in [0.1, 0.15) is 5.78 Å². The maximum Gasteiger partial charge on any atom is 0.415 e. The Kier molecular flexibility index (Phi) is 3.45. The summed E-state index contributed by atoms with van der Waals surface area (Å²) >= 11 is 0. The minimum atomic E-state index is -1.26. The van der Waals surface area contributed by atoms with Crippen molar-refractivity contribution in [1.29, 1.82) is 0 Å². The monoisotopic (exact) mass is 410 g/mol. The third-order valence-electron chi connectivity index (χ3n) is 8.90. The summed E-state index contributed by atoms with van der Waals surface area (Å²) in [5.41, 5.74) is -0.590. The van der Waals surface area contributed by atoms with E-state index in [0.29, 0.717) is 25.1 Å². The lowest BCUT2D eigenvalue weighted by atomic mass is 9.41. The number of nitrogens with zero attached hydrogens (tertiary/aromatic N) is 2. The zero-order chi connectivity index (χ0) is 20.9. The maximum atomic E-state index is 13.7. The molecule has 7 heteroatoms. The number of carbonyl (C=O) groups is 3. The molecule has 3 aliphatic heterocycles. The van der Waals surface area contributed by atoms with Crippen LogP contribution in [0, 0.1) is 11.3 Å². The summed E-state index contributed by atoms with van der Waals surface area (Å²) < 4.78 is 10.6. The molecule has 5 aliphatic rings. The molecule has 4 fully saturated rings. The van der Waals surface area contributed by atoms with Crippen molar-refractivity contribution in [1.82, 2.24) is 4.90 Å². The van der Waals surface area contributed by atoms with Crippen LogP contribution in [0.5, 0.6) is 0 Å². The fourth-order valence-electron chi connectivity index (χ4n) is 8.29. The molecule has 1 amide bonds. The lowest BCUT2D eigenvalue weighted by molar-refractivity contribution is -0.166. The first kappa shape index (κ1) is 18.4. The van der Waals surface area contributed by atoms with E-state index >= 15 is 0 Å². The van der Waals surface area contributed by atoms with Gasteiger partial charge in [0.05, 0.1) is 25.3 Å². The Bertz CT molecular complexity index is 994. The van der Waals surface area contributed by atoms with Crippen molar-refractivity contribution < 1.29 is 23.9 Å². The molecule has 2 aliphatic carbocycles. The molecule has 4 bridgehead atoms. The topological polar surface area (TPSA) is 76.2 Å². The maximum absolute atomic E-state index is 13.7. The van der Waals surface area contributed by atoms with E-state index in [4.69, 9.17) is 9.47 Å². The Morgan fingerprint density at radius 1 is 1.10 bits per heavy atom. The van der Waals surface area contributed by atoms with Gasteiger partial charge >= 0.3 is 12.1 Å². The molecule has 158 valence electrons. The van der Waals surface area contributed by atoms with Crippen LogP contribution in [-0.4, -0.2) is 61.6 Å².